The van der Waals surface area contributed by atoms with Crippen LogP contribution in [0, 0.1) is 0 Å². The molecule has 0 radical (unpaired) electrons. The number of allylic oxidation sites excluding steroid dienone is 1. The first-order chi connectivity index (χ1) is 12.7. The predicted molar refractivity (Wildman–Crippen MR) is 113 cm³/mol. The Morgan fingerprint density at radius 1 is 0.962 bits per heavy atom. The van der Waals surface area contributed by atoms with E-state index in [1.807, 2.05) is 0 Å². The molecule has 0 aliphatic carbocycles. The molecule has 128 valence electrons. The molecule has 1 atom stereocenters. The molecule has 0 amide bonds. The lowest BCUT2D eigenvalue weighted by Crippen LogP contribution is -2.29. The van der Waals surface area contributed by atoms with Gasteiger partial charge in [-0.2, -0.15) is 0 Å². The van der Waals surface area contributed by atoms with E-state index in [0.29, 0.717) is 5.75 Å². The van der Waals surface area contributed by atoms with Crippen LogP contribution in [-0.2, 0) is 4.79 Å². The summed E-state index contributed by atoms with van der Waals surface area (Å²) in [4.78, 5) is 12.9. The molecule has 3 aromatic carbocycles. The van der Waals surface area contributed by atoms with Crippen molar-refractivity contribution in [3.05, 3.63) is 87.5 Å². The highest BCUT2D eigenvalue weighted by Gasteiger charge is 2.36. The van der Waals surface area contributed by atoms with Crippen LogP contribution in [0.25, 0.3) is 10.8 Å². The zero-order valence-electron chi connectivity index (χ0n) is 14.0. The van der Waals surface area contributed by atoms with Crippen molar-refractivity contribution in [1.29, 1.82) is 0 Å². The van der Waals surface area contributed by atoms with Crippen molar-refractivity contribution in [3.8, 4) is 0 Å². The van der Waals surface area contributed by atoms with Crippen LogP contribution < -0.4 is 5.32 Å². The Labute approximate surface area is 164 Å². The molecular weight excluding hydrogens is 406 g/mol. The fraction of sp³-hybridized carbons (Fsp3) is 0.136. The molecule has 0 spiro atoms. The zero-order chi connectivity index (χ0) is 17.7. The number of thioether (sulfide) groups is 1. The minimum atomic E-state index is -0.0196. The Morgan fingerprint density at radius 2 is 1.77 bits per heavy atom. The van der Waals surface area contributed by atoms with Crippen LogP contribution in [0.2, 0.25) is 0 Å². The number of fused-ring (bicyclic) bond motifs is 3. The highest BCUT2D eigenvalue weighted by molar-refractivity contribution is 9.10. The first-order valence-electron chi connectivity index (χ1n) is 8.60. The third-order valence-electron chi connectivity index (χ3n) is 5.14. The Morgan fingerprint density at radius 3 is 2.62 bits per heavy atom. The quantitative estimate of drug-likeness (QED) is 0.543. The highest BCUT2D eigenvalue weighted by atomic mass is 79.9. The lowest BCUT2D eigenvalue weighted by atomic mass is 9.77. The molecule has 2 aliphatic heterocycles. The van der Waals surface area contributed by atoms with E-state index in [1.54, 1.807) is 11.8 Å². The Bertz CT molecular complexity index is 1070. The second-order valence-electron chi connectivity index (χ2n) is 6.67. The van der Waals surface area contributed by atoms with Gasteiger partial charge in [-0.3, -0.25) is 4.79 Å². The normalized spacial score (nSPS) is 19.1. The largest absolute Gasteiger partial charge is 0.358 e. The van der Waals surface area contributed by atoms with Gasteiger partial charge in [0.05, 0.1) is 5.75 Å². The van der Waals surface area contributed by atoms with Crippen LogP contribution in [0.5, 0.6) is 0 Å². The molecule has 4 heteroatoms. The van der Waals surface area contributed by atoms with Crippen molar-refractivity contribution < 1.29 is 4.79 Å². The second kappa shape index (κ2) is 6.29. The van der Waals surface area contributed by atoms with Crippen molar-refractivity contribution in [2.24, 2.45) is 0 Å². The minimum Gasteiger partial charge on any atom is -0.358 e. The zero-order valence-corrected chi connectivity index (χ0v) is 16.4. The molecule has 0 aromatic heterocycles. The first-order valence-corrected chi connectivity index (χ1v) is 10.6. The van der Waals surface area contributed by atoms with E-state index < -0.39 is 0 Å². The van der Waals surface area contributed by atoms with Crippen molar-refractivity contribution in [1.82, 2.24) is 0 Å². The number of hydrogen-bond acceptors (Lipinski definition) is 3. The number of anilines is 1. The van der Waals surface area contributed by atoms with Gasteiger partial charge >= 0.3 is 0 Å². The Balaban J connectivity index is 1.83. The summed E-state index contributed by atoms with van der Waals surface area (Å²) in [7, 11) is 0. The number of halogens is 1. The summed E-state index contributed by atoms with van der Waals surface area (Å²) in [5, 5.41) is 5.98. The van der Waals surface area contributed by atoms with Crippen molar-refractivity contribution in [2.75, 3.05) is 16.8 Å². The Hall–Kier alpha value is -2.04. The summed E-state index contributed by atoms with van der Waals surface area (Å²) >= 11 is 5.22. The predicted octanol–water partition coefficient (Wildman–Crippen LogP) is 5.73. The number of carbonyl (C=O) groups excluding carboxylic acids is 1. The van der Waals surface area contributed by atoms with Gasteiger partial charge in [0.1, 0.15) is 0 Å². The van der Waals surface area contributed by atoms with Crippen molar-refractivity contribution >= 4 is 49.9 Å². The van der Waals surface area contributed by atoms with E-state index in [0.717, 1.165) is 27.2 Å². The number of Topliss-reactive ketones (excluding diaryl/α,β-unsaturated/α-hetero) is 1. The third-order valence-corrected chi connectivity index (χ3v) is 6.63. The van der Waals surface area contributed by atoms with Gasteiger partial charge in [0.15, 0.2) is 5.78 Å². The van der Waals surface area contributed by atoms with Gasteiger partial charge in [0.25, 0.3) is 0 Å². The fourth-order valence-corrected chi connectivity index (χ4v) is 5.16. The van der Waals surface area contributed by atoms with E-state index in [9.17, 15) is 4.79 Å². The molecule has 5 rings (SSSR count). The fourth-order valence-electron chi connectivity index (χ4n) is 4.02. The van der Waals surface area contributed by atoms with Crippen molar-refractivity contribution in [2.45, 2.75) is 5.92 Å². The van der Waals surface area contributed by atoms with Crippen LogP contribution in [-0.4, -0.2) is 17.3 Å². The van der Waals surface area contributed by atoms with Gasteiger partial charge in [-0.05, 0) is 40.1 Å². The molecule has 3 aromatic rings. The molecule has 26 heavy (non-hydrogen) atoms. The topological polar surface area (TPSA) is 29.1 Å². The van der Waals surface area contributed by atoms with Crippen LogP contribution in [0.1, 0.15) is 17.0 Å². The summed E-state index contributed by atoms with van der Waals surface area (Å²) in [5.41, 5.74) is 5.51. The molecule has 0 bridgehead atoms. The van der Waals surface area contributed by atoms with Gasteiger partial charge in [-0.25, -0.2) is 0 Å². The van der Waals surface area contributed by atoms with Crippen LogP contribution in [0.15, 0.2) is 76.4 Å². The molecule has 0 saturated heterocycles. The second-order valence-corrected chi connectivity index (χ2v) is 8.57. The molecule has 2 nitrogen and oxygen atoms in total. The number of rotatable bonds is 1. The van der Waals surface area contributed by atoms with Gasteiger partial charge in [0, 0.05) is 33.1 Å². The van der Waals surface area contributed by atoms with E-state index in [4.69, 9.17) is 0 Å². The molecule has 1 unspecified atom stereocenters. The number of carbonyl (C=O) groups is 1. The smallest absolute Gasteiger partial charge is 0.171 e. The molecular formula is C22H16BrNOS. The summed E-state index contributed by atoms with van der Waals surface area (Å²) in [6, 6.07) is 21.1. The monoisotopic (exact) mass is 421 g/mol. The maximum Gasteiger partial charge on any atom is 0.171 e. The molecule has 2 heterocycles. The number of benzene rings is 3. The number of nitrogens with one attached hydrogen (secondary N) is 1. The Kier molecular flexibility index (Phi) is 3.91. The minimum absolute atomic E-state index is 0.0196. The van der Waals surface area contributed by atoms with E-state index in [2.05, 4.69) is 81.9 Å². The van der Waals surface area contributed by atoms with E-state index in [-0.39, 0.29) is 11.7 Å². The highest BCUT2D eigenvalue weighted by Crippen LogP contribution is 2.47. The summed E-state index contributed by atoms with van der Waals surface area (Å²) in [6.45, 7) is 0. The van der Waals surface area contributed by atoms with Crippen LogP contribution >= 0.6 is 27.7 Å². The standard InChI is InChI=1S/C22H16BrNOS/c23-15-8-5-14(6-9-15)20-21-16-4-2-1-3-13(16)7-10-17(21)24-18-11-26-12-19(25)22(18)20/h1-10,20,24H,11-12H2. The number of hydrogen-bond donors (Lipinski definition) is 1. The van der Waals surface area contributed by atoms with E-state index in [1.165, 1.54) is 21.9 Å². The van der Waals surface area contributed by atoms with Gasteiger partial charge < -0.3 is 5.32 Å². The van der Waals surface area contributed by atoms with Gasteiger partial charge in [-0.15, -0.1) is 11.8 Å². The van der Waals surface area contributed by atoms with Crippen LogP contribution in [0.3, 0.4) is 0 Å². The lowest BCUT2D eigenvalue weighted by molar-refractivity contribution is -0.113. The maximum absolute atomic E-state index is 12.9. The first kappa shape index (κ1) is 16.2. The van der Waals surface area contributed by atoms with Crippen molar-refractivity contribution in [3.63, 3.8) is 0 Å². The van der Waals surface area contributed by atoms with E-state index >= 15 is 0 Å². The SMILES string of the molecule is O=C1CSCC2=C1C(c1ccc(Br)cc1)c1c(ccc3ccccc13)N2. The summed E-state index contributed by atoms with van der Waals surface area (Å²) in [6.07, 6.45) is 0. The third kappa shape index (κ3) is 2.51. The number of ketones is 1. The molecule has 0 fully saturated rings. The summed E-state index contributed by atoms with van der Waals surface area (Å²) in [5.74, 6) is 1.65. The average Bonchev–Trinajstić information content (AvgIpc) is 2.67. The van der Waals surface area contributed by atoms with Gasteiger partial charge in [-0.1, -0.05) is 58.4 Å². The van der Waals surface area contributed by atoms with Gasteiger partial charge in [0.2, 0.25) is 0 Å². The summed E-state index contributed by atoms with van der Waals surface area (Å²) < 4.78 is 1.05. The average molecular weight is 422 g/mol. The lowest BCUT2D eigenvalue weighted by Gasteiger charge is -2.34. The maximum atomic E-state index is 12.9. The molecule has 0 saturated carbocycles. The van der Waals surface area contributed by atoms with Crippen LogP contribution in [0.4, 0.5) is 5.69 Å². The molecule has 1 N–H and O–H groups in total. The molecule has 2 aliphatic rings.